The lowest BCUT2D eigenvalue weighted by Crippen LogP contribution is -2.63. The molecule has 2 N–H and O–H groups in total. The number of aromatic nitrogens is 3. The van der Waals surface area contributed by atoms with E-state index in [1.54, 1.807) is 0 Å². The first kappa shape index (κ1) is 20.8. The van der Waals surface area contributed by atoms with Crippen molar-refractivity contribution < 1.29 is 4.79 Å². The van der Waals surface area contributed by atoms with Crippen molar-refractivity contribution in [2.24, 2.45) is 0 Å². The standard InChI is InChI=1S/C25H30N6O/c1-17-4-9-23-22(11-17)25(29-16-28-23)27-13-24(32)30-20-14-31(15-20)21-7-5-18(6-8-21)19-3-2-10-26-12-19/h2-4,9-12,16,18,20-21H,5-8,13-15H2,1H3,(H,30,32)(H,27,28,29). The summed E-state index contributed by atoms with van der Waals surface area (Å²) < 4.78 is 0. The maximum absolute atomic E-state index is 12.5. The van der Waals surface area contributed by atoms with Crippen LogP contribution < -0.4 is 10.6 Å². The minimum Gasteiger partial charge on any atom is -0.360 e. The minimum atomic E-state index is 0.00866. The molecule has 3 aromatic rings. The molecular formula is C25H30N6O. The Balaban J connectivity index is 1.06. The van der Waals surface area contributed by atoms with Crippen molar-refractivity contribution in [3.05, 3.63) is 60.2 Å². The number of likely N-dealkylation sites (tertiary alicyclic amines) is 1. The summed E-state index contributed by atoms with van der Waals surface area (Å²) in [5.74, 6) is 1.35. The maximum atomic E-state index is 12.5. The Bertz CT molecular complexity index is 1070. The highest BCUT2D eigenvalue weighted by molar-refractivity contribution is 5.91. The summed E-state index contributed by atoms with van der Waals surface area (Å²) >= 11 is 0. The van der Waals surface area contributed by atoms with Crippen LogP contribution in [0.25, 0.3) is 10.9 Å². The monoisotopic (exact) mass is 430 g/mol. The predicted molar refractivity (Wildman–Crippen MR) is 126 cm³/mol. The first-order valence-corrected chi connectivity index (χ1v) is 11.5. The van der Waals surface area contributed by atoms with Gasteiger partial charge in [0, 0.05) is 36.9 Å². The summed E-state index contributed by atoms with van der Waals surface area (Å²) in [6, 6.07) is 11.2. The number of amides is 1. The van der Waals surface area contributed by atoms with E-state index in [4.69, 9.17) is 0 Å². The highest BCUT2D eigenvalue weighted by atomic mass is 16.2. The molecule has 0 radical (unpaired) electrons. The summed E-state index contributed by atoms with van der Waals surface area (Å²) in [7, 11) is 0. The first-order chi connectivity index (χ1) is 15.7. The van der Waals surface area contributed by atoms with Crippen molar-refractivity contribution in [3.63, 3.8) is 0 Å². The maximum Gasteiger partial charge on any atom is 0.239 e. The van der Waals surface area contributed by atoms with Crippen LogP contribution in [0.4, 0.5) is 5.82 Å². The molecule has 0 spiro atoms. The number of pyridine rings is 1. The van der Waals surface area contributed by atoms with Crippen molar-refractivity contribution in [1.29, 1.82) is 0 Å². The molecule has 1 saturated heterocycles. The lowest BCUT2D eigenvalue weighted by atomic mass is 9.81. The highest BCUT2D eigenvalue weighted by Gasteiger charge is 2.35. The molecule has 1 saturated carbocycles. The third-order valence-electron chi connectivity index (χ3n) is 6.85. The number of hydrogen-bond acceptors (Lipinski definition) is 6. The van der Waals surface area contributed by atoms with Crippen molar-refractivity contribution in [3.8, 4) is 0 Å². The lowest BCUT2D eigenvalue weighted by molar-refractivity contribution is -0.121. The molecule has 0 atom stereocenters. The number of hydrogen-bond donors (Lipinski definition) is 2. The van der Waals surface area contributed by atoms with Crippen LogP contribution in [0.5, 0.6) is 0 Å². The number of rotatable bonds is 6. The van der Waals surface area contributed by atoms with Gasteiger partial charge < -0.3 is 10.6 Å². The van der Waals surface area contributed by atoms with Gasteiger partial charge in [-0.05, 0) is 62.3 Å². The average molecular weight is 431 g/mol. The topological polar surface area (TPSA) is 83.0 Å². The number of anilines is 1. The number of nitrogens with one attached hydrogen (secondary N) is 2. The van der Waals surface area contributed by atoms with E-state index < -0.39 is 0 Å². The zero-order valence-electron chi connectivity index (χ0n) is 18.5. The van der Waals surface area contributed by atoms with Crippen LogP contribution in [0.15, 0.2) is 49.1 Å². The number of fused-ring (bicyclic) bond motifs is 1. The quantitative estimate of drug-likeness (QED) is 0.625. The molecule has 1 amide bonds. The van der Waals surface area contributed by atoms with E-state index in [0.717, 1.165) is 29.6 Å². The van der Waals surface area contributed by atoms with E-state index in [1.165, 1.54) is 37.6 Å². The Morgan fingerprint density at radius 2 is 1.97 bits per heavy atom. The molecule has 2 aliphatic rings. The summed E-state index contributed by atoms with van der Waals surface area (Å²) in [5, 5.41) is 7.28. The summed E-state index contributed by atoms with van der Waals surface area (Å²) in [6.45, 7) is 4.15. The minimum absolute atomic E-state index is 0.00866. The lowest BCUT2D eigenvalue weighted by Gasteiger charge is -2.46. The Morgan fingerprint density at radius 1 is 1.12 bits per heavy atom. The second-order valence-electron chi connectivity index (χ2n) is 9.11. The van der Waals surface area contributed by atoms with E-state index in [-0.39, 0.29) is 18.5 Å². The van der Waals surface area contributed by atoms with Crippen LogP contribution in [-0.2, 0) is 4.79 Å². The molecule has 0 unspecified atom stereocenters. The van der Waals surface area contributed by atoms with Gasteiger partial charge in [0.1, 0.15) is 12.1 Å². The van der Waals surface area contributed by atoms with Crippen molar-refractivity contribution in [1.82, 2.24) is 25.2 Å². The number of benzene rings is 1. The Labute approximate surface area is 188 Å². The molecular weight excluding hydrogens is 400 g/mol. The molecule has 166 valence electrons. The molecule has 1 aliphatic heterocycles. The van der Waals surface area contributed by atoms with Crippen molar-refractivity contribution in [2.75, 3.05) is 25.0 Å². The van der Waals surface area contributed by atoms with Gasteiger partial charge in [-0.2, -0.15) is 0 Å². The number of carbonyl (C=O) groups excluding carboxylic acids is 1. The smallest absolute Gasteiger partial charge is 0.239 e. The summed E-state index contributed by atoms with van der Waals surface area (Å²) in [4.78, 5) is 27.9. The highest BCUT2D eigenvalue weighted by Crippen LogP contribution is 2.35. The van der Waals surface area contributed by atoms with Gasteiger partial charge in [0.05, 0.1) is 18.1 Å². The summed E-state index contributed by atoms with van der Waals surface area (Å²) in [6.07, 6.45) is 10.3. The fourth-order valence-corrected chi connectivity index (χ4v) is 5.05. The van der Waals surface area contributed by atoms with Crippen molar-refractivity contribution in [2.45, 2.75) is 50.6 Å². The predicted octanol–water partition coefficient (Wildman–Crippen LogP) is 3.27. The van der Waals surface area contributed by atoms with E-state index in [9.17, 15) is 4.79 Å². The van der Waals surface area contributed by atoms with Crippen LogP contribution in [-0.4, -0.2) is 57.5 Å². The number of aryl methyl sites for hydroxylation is 1. The second-order valence-corrected chi connectivity index (χ2v) is 9.11. The largest absolute Gasteiger partial charge is 0.360 e. The van der Waals surface area contributed by atoms with Crippen LogP contribution in [0.2, 0.25) is 0 Å². The van der Waals surface area contributed by atoms with Gasteiger partial charge in [-0.3, -0.25) is 14.7 Å². The molecule has 1 aliphatic carbocycles. The van der Waals surface area contributed by atoms with E-state index in [0.29, 0.717) is 17.8 Å². The van der Waals surface area contributed by atoms with Crippen LogP contribution in [0.1, 0.15) is 42.7 Å². The van der Waals surface area contributed by atoms with Gasteiger partial charge >= 0.3 is 0 Å². The zero-order chi connectivity index (χ0) is 21.9. The molecule has 32 heavy (non-hydrogen) atoms. The van der Waals surface area contributed by atoms with E-state index in [1.807, 2.05) is 43.6 Å². The molecule has 1 aromatic carbocycles. The molecule has 3 heterocycles. The number of nitrogens with zero attached hydrogens (tertiary/aromatic N) is 4. The Morgan fingerprint density at radius 3 is 2.75 bits per heavy atom. The average Bonchev–Trinajstić information content (AvgIpc) is 2.80. The molecule has 7 heteroatoms. The third kappa shape index (κ3) is 4.58. The van der Waals surface area contributed by atoms with Gasteiger partial charge in [-0.25, -0.2) is 9.97 Å². The fraction of sp³-hybridized carbons (Fsp3) is 0.440. The van der Waals surface area contributed by atoms with Gasteiger partial charge in [-0.1, -0.05) is 17.7 Å². The third-order valence-corrected chi connectivity index (χ3v) is 6.85. The molecule has 7 nitrogen and oxygen atoms in total. The molecule has 2 aromatic heterocycles. The van der Waals surface area contributed by atoms with Gasteiger partial charge in [0.25, 0.3) is 0 Å². The zero-order valence-corrected chi connectivity index (χ0v) is 18.5. The molecule has 0 bridgehead atoms. The normalized spacial score (nSPS) is 21.8. The van der Waals surface area contributed by atoms with Crippen molar-refractivity contribution >= 4 is 22.6 Å². The first-order valence-electron chi connectivity index (χ1n) is 11.5. The number of carbonyl (C=O) groups is 1. The second kappa shape index (κ2) is 9.20. The van der Waals surface area contributed by atoms with Gasteiger partial charge in [0.15, 0.2) is 0 Å². The van der Waals surface area contributed by atoms with Crippen LogP contribution in [0, 0.1) is 6.92 Å². The van der Waals surface area contributed by atoms with Gasteiger partial charge in [0.2, 0.25) is 5.91 Å². The Hall–Kier alpha value is -3.06. The van der Waals surface area contributed by atoms with Crippen LogP contribution in [0.3, 0.4) is 0 Å². The SMILES string of the molecule is Cc1ccc2ncnc(NCC(=O)NC3CN(C4CCC(c5cccnc5)CC4)C3)c2c1. The molecule has 2 fully saturated rings. The molecule has 5 rings (SSSR count). The van der Waals surface area contributed by atoms with Crippen LogP contribution >= 0.6 is 0 Å². The van der Waals surface area contributed by atoms with E-state index in [2.05, 4.69) is 36.6 Å². The summed E-state index contributed by atoms with van der Waals surface area (Å²) in [5.41, 5.74) is 3.39. The fourth-order valence-electron chi connectivity index (χ4n) is 5.05. The van der Waals surface area contributed by atoms with Gasteiger partial charge in [-0.15, -0.1) is 0 Å². The Kier molecular flexibility index (Phi) is 5.99. The van der Waals surface area contributed by atoms with E-state index >= 15 is 0 Å².